The van der Waals surface area contributed by atoms with Crippen LogP contribution in [0.3, 0.4) is 0 Å². The van der Waals surface area contributed by atoms with Gasteiger partial charge >= 0.3 is 12.3 Å². The molecule has 0 aromatic heterocycles. The molecule has 1 fully saturated rings. The standard InChI is InChI=1S/C17H22F3NO3/c1-16(2,3)24-15(22)21-9-8-12(10-21)11-23-14-7-5-4-6-13(14)17(18,19)20/h4-7,12H,8-11H2,1-3H3. The summed E-state index contributed by atoms with van der Waals surface area (Å²) in [6.07, 6.45) is -4.18. The van der Waals surface area contributed by atoms with Crippen LogP contribution in [0.2, 0.25) is 0 Å². The van der Waals surface area contributed by atoms with Gasteiger partial charge in [0.25, 0.3) is 0 Å². The lowest BCUT2D eigenvalue weighted by atomic mass is 10.1. The van der Waals surface area contributed by atoms with E-state index in [2.05, 4.69) is 0 Å². The van der Waals surface area contributed by atoms with Crippen molar-refractivity contribution in [2.45, 2.75) is 39.0 Å². The number of rotatable bonds is 3. The number of carbonyl (C=O) groups is 1. The summed E-state index contributed by atoms with van der Waals surface area (Å²) < 4.78 is 49.4. The average Bonchev–Trinajstić information content (AvgIpc) is 2.91. The number of carbonyl (C=O) groups excluding carboxylic acids is 1. The molecule has 134 valence electrons. The number of nitrogens with zero attached hydrogens (tertiary/aromatic N) is 1. The quantitative estimate of drug-likeness (QED) is 0.818. The van der Waals surface area contributed by atoms with Crippen LogP contribution in [-0.4, -0.2) is 36.3 Å². The summed E-state index contributed by atoms with van der Waals surface area (Å²) in [7, 11) is 0. The Labute approximate surface area is 139 Å². The van der Waals surface area contributed by atoms with E-state index in [9.17, 15) is 18.0 Å². The molecule has 1 atom stereocenters. The molecule has 4 nitrogen and oxygen atoms in total. The third-order valence-electron chi connectivity index (χ3n) is 3.60. The van der Waals surface area contributed by atoms with Crippen molar-refractivity contribution in [2.75, 3.05) is 19.7 Å². The van der Waals surface area contributed by atoms with Crippen molar-refractivity contribution in [1.29, 1.82) is 0 Å². The van der Waals surface area contributed by atoms with Crippen molar-refractivity contribution in [1.82, 2.24) is 4.90 Å². The second-order valence-corrected chi connectivity index (χ2v) is 6.89. The molecule has 1 saturated heterocycles. The summed E-state index contributed by atoms with van der Waals surface area (Å²) in [5.74, 6) is -0.195. The van der Waals surface area contributed by atoms with Gasteiger partial charge in [-0.05, 0) is 39.3 Å². The molecule has 1 aliphatic rings. The average molecular weight is 345 g/mol. The fraction of sp³-hybridized carbons (Fsp3) is 0.588. The number of alkyl halides is 3. The first-order valence-corrected chi connectivity index (χ1v) is 7.83. The molecule has 0 spiro atoms. The van der Waals surface area contributed by atoms with Crippen LogP contribution in [0.25, 0.3) is 0 Å². The lowest BCUT2D eigenvalue weighted by molar-refractivity contribution is -0.139. The summed E-state index contributed by atoms with van der Waals surface area (Å²) >= 11 is 0. The summed E-state index contributed by atoms with van der Waals surface area (Å²) in [5.41, 5.74) is -1.36. The lowest BCUT2D eigenvalue weighted by Gasteiger charge is -2.24. The molecule has 1 amide bonds. The van der Waals surface area contributed by atoms with Crippen LogP contribution in [0, 0.1) is 5.92 Å². The molecule has 0 N–H and O–H groups in total. The maximum absolute atomic E-state index is 12.9. The van der Waals surface area contributed by atoms with E-state index in [1.54, 1.807) is 25.7 Å². The monoisotopic (exact) mass is 345 g/mol. The van der Waals surface area contributed by atoms with Crippen molar-refractivity contribution in [3.8, 4) is 5.75 Å². The van der Waals surface area contributed by atoms with Gasteiger partial charge < -0.3 is 14.4 Å². The van der Waals surface area contributed by atoms with E-state index >= 15 is 0 Å². The van der Waals surface area contributed by atoms with E-state index in [1.807, 2.05) is 0 Å². The van der Waals surface area contributed by atoms with Crippen molar-refractivity contribution < 1.29 is 27.4 Å². The van der Waals surface area contributed by atoms with Gasteiger partial charge in [0, 0.05) is 19.0 Å². The molecule has 7 heteroatoms. The molecule has 0 aliphatic carbocycles. The fourth-order valence-electron chi connectivity index (χ4n) is 2.50. The Morgan fingerprint density at radius 2 is 1.92 bits per heavy atom. The second kappa shape index (κ2) is 6.91. The van der Waals surface area contributed by atoms with Crippen LogP contribution in [0.15, 0.2) is 24.3 Å². The smallest absolute Gasteiger partial charge is 0.419 e. The molecule has 1 aliphatic heterocycles. The van der Waals surface area contributed by atoms with E-state index in [4.69, 9.17) is 9.47 Å². The number of likely N-dealkylation sites (tertiary alicyclic amines) is 1. The minimum absolute atomic E-state index is 0.0150. The normalized spacial score (nSPS) is 18.6. The summed E-state index contributed by atoms with van der Waals surface area (Å²) in [6.45, 7) is 6.43. The van der Waals surface area contributed by atoms with E-state index < -0.39 is 23.4 Å². The Bertz CT molecular complexity index is 581. The van der Waals surface area contributed by atoms with Gasteiger partial charge in [0.05, 0.1) is 12.2 Å². The first kappa shape index (κ1) is 18.4. The zero-order valence-corrected chi connectivity index (χ0v) is 14.0. The maximum atomic E-state index is 12.9. The van der Waals surface area contributed by atoms with Gasteiger partial charge in [-0.2, -0.15) is 13.2 Å². The molecule has 0 bridgehead atoms. The highest BCUT2D eigenvalue weighted by Gasteiger charge is 2.35. The van der Waals surface area contributed by atoms with Crippen LogP contribution in [0.1, 0.15) is 32.8 Å². The molecule has 1 heterocycles. The predicted octanol–water partition coefficient (Wildman–Crippen LogP) is 4.34. The molecule has 24 heavy (non-hydrogen) atoms. The van der Waals surface area contributed by atoms with Crippen molar-refractivity contribution in [3.63, 3.8) is 0 Å². The maximum Gasteiger partial charge on any atom is 0.419 e. The van der Waals surface area contributed by atoms with E-state index in [0.29, 0.717) is 19.5 Å². The van der Waals surface area contributed by atoms with Gasteiger partial charge in [-0.15, -0.1) is 0 Å². The molecule has 1 unspecified atom stereocenters. The van der Waals surface area contributed by atoms with Gasteiger partial charge in [0.2, 0.25) is 0 Å². The SMILES string of the molecule is CC(C)(C)OC(=O)N1CCC(COc2ccccc2C(F)(F)F)C1. The number of halogens is 3. The number of hydrogen-bond acceptors (Lipinski definition) is 3. The van der Waals surface area contributed by atoms with Gasteiger partial charge in [0.15, 0.2) is 0 Å². The molecular weight excluding hydrogens is 323 g/mol. The highest BCUT2D eigenvalue weighted by atomic mass is 19.4. The topological polar surface area (TPSA) is 38.8 Å². The largest absolute Gasteiger partial charge is 0.493 e. The van der Waals surface area contributed by atoms with Crippen molar-refractivity contribution in [3.05, 3.63) is 29.8 Å². The number of hydrogen-bond donors (Lipinski definition) is 0. The number of para-hydroxylation sites is 1. The Kier molecular flexibility index (Phi) is 5.30. The third kappa shape index (κ3) is 5.04. The van der Waals surface area contributed by atoms with Crippen molar-refractivity contribution in [2.24, 2.45) is 5.92 Å². The van der Waals surface area contributed by atoms with Crippen LogP contribution in [0.4, 0.5) is 18.0 Å². The van der Waals surface area contributed by atoms with Gasteiger partial charge in [0.1, 0.15) is 11.4 Å². The van der Waals surface area contributed by atoms with E-state index in [-0.39, 0.29) is 18.3 Å². The Hall–Kier alpha value is -1.92. The van der Waals surface area contributed by atoms with Crippen LogP contribution in [-0.2, 0) is 10.9 Å². The van der Waals surface area contributed by atoms with Gasteiger partial charge in [-0.3, -0.25) is 0 Å². The van der Waals surface area contributed by atoms with Gasteiger partial charge in [-0.1, -0.05) is 12.1 Å². The molecule has 1 aromatic carbocycles. The summed E-state index contributed by atoms with van der Waals surface area (Å²) in [5, 5.41) is 0. The highest BCUT2D eigenvalue weighted by Crippen LogP contribution is 2.36. The Morgan fingerprint density at radius 3 is 2.54 bits per heavy atom. The molecule has 2 rings (SSSR count). The molecule has 0 radical (unpaired) electrons. The Balaban J connectivity index is 1.90. The summed E-state index contributed by atoms with van der Waals surface area (Å²) in [4.78, 5) is 13.5. The van der Waals surface area contributed by atoms with E-state index in [1.165, 1.54) is 18.2 Å². The van der Waals surface area contributed by atoms with Crippen LogP contribution < -0.4 is 4.74 Å². The first-order chi connectivity index (χ1) is 11.1. The molecule has 1 aromatic rings. The number of amides is 1. The Morgan fingerprint density at radius 1 is 1.25 bits per heavy atom. The summed E-state index contributed by atoms with van der Waals surface area (Å²) in [6, 6.07) is 5.14. The minimum Gasteiger partial charge on any atom is -0.493 e. The van der Waals surface area contributed by atoms with E-state index in [0.717, 1.165) is 6.07 Å². The van der Waals surface area contributed by atoms with Crippen molar-refractivity contribution >= 4 is 6.09 Å². The first-order valence-electron chi connectivity index (χ1n) is 7.83. The lowest BCUT2D eigenvalue weighted by Crippen LogP contribution is -2.35. The van der Waals surface area contributed by atoms with Gasteiger partial charge in [-0.25, -0.2) is 4.79 Å². The number of ether oxygens (including phenoxy) is 2. The minimum atomic E-state index is -4.45. The molecule has 0 saturated carbocycles. The molecular formula is C17H22F3NO3. The highest BCUT2D eigenvalue weighted by molar-refractivity contribution is 5.68. The zero-order valence-electron chi connectivity index (χ0n) is 14.0. The van der Waals surface area contributed by atoms with Crippen LogP contribution in [0.5, 0.6) is 5.75 Å². The fourth-order valence-corrected chi connectivity index (χ4v) is 2.50. The predicted molar refractivity (Wildman–Crippen MR) is 82.9 cm³/mol. The van der Waals surface area contributed by atoms with Crippen LogP contribution >= 0.6 is 0 Å². The number of benzene rings is 1. The third-order valence-corrected chi connectivity index (χ3v) is 3.60. The second-order valence-electron chi connectivity index (χ2n) is 6.89. The zero-order chi connectivity index (χ0) is 18.0.